The van der Waals surface area contributed by atoms with Crippen molar-refractivity contribution in [2.24, 2.45) is 4.99 Å². The van der Waals surface area contributed by atoms with Crippen molar-refractivity contribution in [1.82, 2.24) is 10.6 Å². The maximum absolute atomic E-state index is 5.69. The quantitative estimate of drug-likeness (QED) is 0.266. The second kappa shape index (κ2) is 11.8. The van der Waals surface area contributed by atoms with Crippen LogP contribution in [0.4, 0.5) is 0 Å². The Balaban J connectivity index is 0.00000288. The molecule has 136 valence electrons. The number of benzene rings is 1. The van der Waals surface area contributed by atoms with Crippen molar-refractivity contribution in [2.75, 3.05) is 32.5 Å². The summed E-state index contributed by atoms with van der Waals surface area (Å²) in [6, 6.07) is 9.97. The van der Waals surface area contributed by atoms with Gasteiger partial charge >= 0.3 is 0 Å². The van der Waals surface area contributed by atoms with Crippen molar-refractivity contribution in [3.63, 3.8) is 0 Å². The van der Waals surface area contributed by atoms with Crippen LogP contribution in [0.3, 0.4) is 0 Å². The minimum absolute atomic E-state index is 0. The van der Waals surface area contributed by atoms with Gasteiger partial charge in [-0.3, -0.25) is 4.99 Å². The molecular formula is C18H30IN3OS. The van der Waals surface area contributed by atoms with E-state index in [9.17, 15) is 0 Å². The van der Waals surface area contributed by atoms with Gasteiger partial charge in [-0.05, 0) is 50.5 Å². The lowest BCUT2D eigenvalue weighted by atomic mass is 10.1. The summed E-state index contributed by atoms with van der Waals surface area (Å²) in [5.74, 6) is 3.13. The maximum Gasteiger partial charge on any atom is 0.191 e. The number of guanidine groups is 1. The van der Waals surface area contributed by atoms with Crippen LogP contribution >= 0.6 is 35.7 Å². The molecule has 1 aromatic rings. The maximum atomic E-state index is 5.69. The fourth-order valence-electron chi connectivity index (χ4n) is 2.61. The molecule has 2 rings (SSSR count). The summed E-state index contributed by atoms with van der Waals surface area (Å²) in [6.07, 6.45) is 4.72. The van der Waals surface area contributed by atoms with Crippen LogP contribution in [0.5, 0.6) is 5.75 Å². The lowest BCUT2D eigenvalue weighted by molar-refractivity contribution is 0.307. The molecule has 1 unspecified atom stereocenters. The van der Waals surface area contributed by atoms with E-state index in [2.05, 4.69) is 34.3 Å². The predicted octanol–water partition coefficient (Wildman–Crippen LogP) is 3.91. The molecule has 6 heteroatoms. The van der Waals surface area contributed by atoms with E-state index in [0.29, 0.717) is 4.75 Å². The molecule has 1 atom stereocenters. The Hall–Kier alpha value is -0.630. The summed E-state index contributed by atoms with van der Waals surface area (Å²) in [6.45, 7) is 4.99. The molecule has 1 aliphatic rings. The van der Waals surface area contributed by atoms with Gasteiger partial charge in [0, 0.05) is 24.9 Å². The van der Waals surface area contributed by atoms with Crippen LogP contribution in [0.2, 0.25) is 0 Å². The molecule has 1 aromatic carbocycles. The zero-order chi connectivity index (χ0) is 16.4. The van der Waals surface area contributed by atoms with Crippen LogP contribution in [0.15, 0.2) is 35.3 Å². The van der Waals surface area contributed by atoms with Crippen LogP contribution in [0, 0.1) is 0 Å². The van der Waals surface area contributed by atoms with E-state index in [1.807, 2.05) is 37.4 Å². The van der Waals surface area contributed by atoms with Crippen LogP contribution in [-0.2, 0) is 0 Å². The standard InChI is InChI=1S/C18H29N3OS.HI/c1-18(11-8-14-23-18)15-21-17(19-2)20-12-6-7-13-22-16-9-4-3-5-10-16;/h3-5,9-10H,6-8,11-15H2,1-2H3,(H2,19,20,21);1H. The molecule has 0 aromatic heterocycles. The lowest BCUT2D eigenvalue weighted by Crippen LogP contribution is -2.43. The highest BCUT2D eigenvalue weighted by atomic mass is 127. The van der Waals surface area contributed by atoms with Crippen LogP contribution in [0.25, 0.3) is 0 Å². The van der Waals surface area contributed by atoms with Crippen LogP contribution in [0.1, 0.15) is 32.6 Å². The van der Waals surface area contributed by atoms with E-state index in [-0.39, 0.29) is 24.0 Å². The summed E-state index contributed by atoms with van der Waals surface area (Å²) in [5.41, 5.74) is 0. The van der Waals surface area contributed by atoms with Gasteiger partial charge in [0.2, 0.25) is 0 Å². The smallest absolute Gasteiger partial charge is 0.191 e. The van der Waals surface area contributed by atoms with Gasteiger partial charge in [0.1, 0.15) is 5.75 Å². The molecule has 0 spiro atoms. The number of ether oxygens (including phenoxy) is 1. The van der Waals surface area contributed by atoms with E-state index in [4.69, 9.17) is 4.74 Å². The van der Waals surface area contributed by atoms with Gasteiger partial charge in [-0.15, -0.1) is 24.0 Å². The molecule has 0 saturated carbocycles. The molecule has 0 bridgehead atoms. The summed E-state index contributed by atoms with van der Waals surface area (Å²) < 4.78 is 6.05. The monoisotopic (exact) mass is 463 g/mol. The molecular weight excluding hydrogens is 433 g/mol. The number of hydrogen-bond acceptors (Lipinski definition) is 3. The van der Waals surface area contributed by atoms with Gasteiger partial charge in [-0.1, -0.05) is 18.2 Å². The zero-order valence-corrected chi connectivity index (χ0v) is 17.9. The number of para-hydroxylation sites is 1. The van der Waals surface area contributed by atoms with E-state index in [1.165, 1.54) is 18.6 Å². The number of thioether (sulfide) groups is 1. The highest BCUT2D eigenvalue weighted by molar-refractivity contribution is 14.0. The number of rotatable bonds is 8. The van der Waals surface area contributed by atoms with E-state index in [0.717, 1.165) is 44.2 Å². The number of nitrogens with one attached hydrogen (secondary N) is 2. The third kappa shape index (κ3) is 7.96. The number of hydrogen-bond donors (Lipinski definition) is 2. The highest BCUT2D eigenvalue weighted by Gasteiger charge is 2.29. The Morgan fingerprint density at radius 2 is 2.04 bits per heavy atom. The molecule has 1 saturated heterocycles. The first-order chi connectivity index (χ1) is 11.2. The second-order valence-electron chi connectivity index (χ2n) is 6.12. The van der Waals surface area contributed by atoms with Gasteiger partial charge < -0.3 is 15.4 Å². The normalized spacial score (nSPS) is 20.3. The molecule has 1 heterocycles. The van der Waals surface area contributed by atoms with Gasteiger partial charge in [-0.25, -0.2) is 0 Å². The Kier molecular flexibility index (Phi) is 10.6. The van der Waals surface area contributed by atoms with Gasteiger partial charge in [0.15, 0.2) is 5.96 Å². The summed E-state index contributed by atoms with van der Waals surface area (Å²) in [7, 11) is 1.83. The molecule has 1 aliphatic heterocycles. The van der Waals surface area contributed by atoms with Crippen molar-refractivity contribution in [3.8, 4) is 5.75 Å². The van der Waals surface area contributed by atoms with Crippen LogP contribution in [-0.4, -0.2) is 43.2 Å². The largest absolute Gasteiger partial charge is 0.494 e. The third-order valence-corrected chi connectivity index (χ3v) is 5.57. The number of unbranched alkanes of at least 4 members (excludes halogenated alkanes) is 1. The first-order valence-electron chi connectivity index (χ1n) is 8.48. The molecule has 24 heavy (non-hydrogen) atoms. The second-order valence-corrected chi connectivity index (χ2v) is 7.81. The number of halogens is 1. The van der Waals surface area contributed by atoms with Crippen LogP contribution < -0.4 is 15.4 Å². The Morgan fingerprint density at radius 1 is 1.25 bits per heavy atom. The summed E-state index contributed by atoms with van der Waals surface area (Å²) in [5, 5.41) is 6.84. The van der Waals surface area contributed by atoms with Crippen molar-refractivity contribution in [3.05, 3.63) is 30.3 Å². The molecule has 1 fully saturated rings. The van der Waals surface area contributed by atoms with E-state index < -0.39 is 0 Å². The van der Waals surface area contributed by atoms with Crippen molar-refractivity contribution in [1.29, 1.82) is 0 Å². The van der Waals surface area contributed by atoms with Gasteiger partial charge in [-0.2, -0.15) is 11.8 Å². The van der Waals surface area contributed by atoms with E-state index in [1.54, 1.807) is 0 Å². The first kappa shape index (κ1) is 21.4. The minimum Gasteiger partial charge on any atom is -0.494 e. The number of aliphatic imine (C=N–C) groups is 1. The molecule has 0 radical (unpaired) electrons. The fourth-order valence-corrected chi connectivity index (χ4v) is 3.85. The highest BCUT2D eigenvalue weighted by Crippen LogP contribution is 2.36. The van der Waals surface area contributed by atoms with Crippen molar-refractivity contribution < 1.29 is 4.74 Å². The van der Waals surface area contributed by atoms with Crippen molar-refractivity contribution in [2.45, 2.75) is 37.4 Å². The average molecular weight is 463 g/mol. The SMILES string of the molecule is CN=C(NCCCCOc1ccccc1)NCC1(C)CCCS1.I. The van der Waals surface area contributed by atoms with E-state index >= 15 is 0 Å². The predicted molar refractivity (Wildman–Crippen MR) is 116 cm³/mol. The molecule has 0 amide bonds. The lowest BCUT2D eigenvalue weighted by Gasteiger charge is -2.24. The summed E-state index contributed by atoms with van der Waals surface area (Å²) in [4.78, 5) is 4.30. The number of nitrogens with zero attached hydrogens (tertiary/aromatic N) is 1. The van der Waals surface area contributed by atoms with Gasteiger partial charge in [0.05, 0.1) is 6.61 Å². The first-order valence-corrected chi connectivity index (χ1v) is 9.47. The third-order valence-electron chi connectivity index (χ3n) is 4.03. The topological polar surface area (TPSA) is 45.7 Å². The average Bonchev–Trinajstić information content (AvgIpc) is 3.01. The summed E-state index contributed by atoms with van der Waals surface area (Å²) >= 11 is 2.07. The zero-order valence-electron chi connectivity index (χ0n) is 14.7. The Morgan fingerprint density at radius 3 is 2.71 bits per heavy atom. The van der Waals surface area contributed by atoms with Gasteiger partial charge in [0.25, 0.3) is 0 Å². The van der Waals surface area contributed by atoms with Crippen molar-refractivity contribution >= 4 is 41.7 Å². The Bertz CT molecular complexity index is 478. The minimum atomic E-state index is 0. The molecule has 2 N–H and O–H groups in total. The molecule has 4 nitrogen and oxygen atoms in total. The fraction of sp³-hybridized carbons (Fsp3) is 0.611. The molecule has 0 aliphatic carbocycles. The Labute approximate surface area is 167 Å².